The summed E-state index contributed by atoms with van der Waals surface area (Å²) in [7, 11) is 0. The number of imidazole rings is 1. The molecule has 1 aliphatic heterocycles. The van der Waals surface area contributed by atoms with Gasteiger partial charge in [-0.3, -0.25) is 24.7 Å². The van der Waals surface area contributed by atoms with Gasteiger partial charge in [-0.15, -0.1) is 0 Å². The zero-order chi connectivity index (χ0) is 20.2. The van der Waals surface area contributed by atoms with Crippen molar-refractivity contribution in [2.75, 3.05) is 38.0 Å². The average molecular weight is 394 g/mol. The Morgan fingerprint density at radius 2 is 1.86 bits per heavy atom. The summed E-state index contributed by atoms with van der Waals surface area (Å²) in [6.07, 6.45) is 0. The first-order chi connectivity index (χ1) is 14.1. The monoisotopic (exact) mass is 394 g/mol. The molecule has 150 valence electrons. The fourth-order valence-electron chi connectivity index (χ4n) is 3.50. The van der Waals surface area contributed by atoms with Crippen LogP contribution in [0.1, 0.15) is 5.82 Å². The molecule has 9 heteroatoms. The standard InChI is InChI=1S/C20H22N6O3/c27-20(21-15-4-3-5-16(12-15)26(28)29)14-25-10-8-24(9-11-25)13-19-22-17-6-1-2-7-18(17)23-19/h1-7,12H,8-11,13-14H2,(H,21,27)(H,22,23). The summed E-state index contributed by atoms with van der Waals surface area (Å²) in [5, 5.41) is 13.6. The number of piperazine rings is 1. The van der Waals surface area contributed by atoms with Gasteiger partial charge in [-0.2, -0.15) is 0 Å². The molecule has 1 saturated heterocycles. The number of aromatic nitrogens is 2. The number of hydrogen-bond donors (Lipinski definition) is 2. The number of hydrogen-bond acceptors (Lipinski definition) is 6. The molecule has 0 radical (unpaired) electrons. The predicted octanol–water partition coefficient (Wildman–Crippen LogP) is 2.23. The number of nitro groups is 1. The van der Waals surface area contributed by atoms with E-state index < -0.39 is 4.92 Å². The van der Waals surface area contributed by atoms with Gasteiger partial charge in [-0.1, -0.05) is 18.2 Å². The van der Waals surface area contributed by atoms with Gasteiger partial charge in [0.2, 0.25) is 5.91 Å². The van der Waals surface area contributed by atoms with E-state index in [2.05, 4.69) is 25.1 Å². The van der Waals surface area contributed by atoms with Crippen LogP contribution in [0, 0.1) is 10.1 Å². The number of nitrogens with zero attached hydrogens (tertiary/aromatic N) is 4. The fraction of sp³-hybridized carbons (Fsp3) is 0.300. The smallest absolute Gasteiger partial charge is 0.271 e. The van der Waals surface area contributed by atoms with Crippen LogP contribution in [0.5, 0.6) is 0 Å². The lowest BCUT2D eigenvalue weighted by Gasteiger charge is -2.33. The molecule has 4 rings (SSSR count). The number of fused-ring (bicyclic) bond motifs is 1. The zero-order valence-corrected chi connectivity index (χ0v) is 15.9. The van der Waals surface area contributed by atoms with Crippen LogP contribution in [-0.4, -0.2) is 63.3 Å². The summed E-state index contributed by atoms with van der Waals surface area (Å²) in [6, 6.07) is 13.9. The maximum Gasteiger partial charge on any atom is 0.271 e. The van der Waals surface area contributed by atoms with E-state index in [1.165, 1.54) is 12.1 Å². The van der Waals surface area contributed by atoms with Crippen LogP contribution in [0.15, 0.2) is 48.5 Å². The third-order valence-electron chi connectivity index (χ3n) is 4.98. The van der Waals surface area contributed by atoms with Crippen LogP contribution in [0.2, 0.25) is 0 Å². The molecule has 2 aromatic carbocycles. The minimum Gasteiger partial charge on any atom is -0.341 e. The second-order valence-electron chi connectivity index (χ2n) is 7.11. The predicted molar refractivity (Wildman–Crippen MR) is 110 cm³/mol. The average Bonchev–Trinajstić information content (AvgIpc) is 3.12. The van der Waals surface area contributed by atoms with Crippen LogP contribution in [0.3, 0.4) is 0 Å². The van der Waals surface area contributed by atoms with Crippen LogP contribution in [-0.2, 0) is 11.3 Å². The third-order valence-corrected chi connectivity index (χ3v) is 4.98. The summed E-state index contributed by atoms with van der Waals surface area (Å²) >= 11 is 0. The first-order valence-corrected chi connectivity index (χ1v) is 9.49. The van der Waals surface area contributed by atoms with Crippen molar-refractivity contribution in [2.24, 2.45) is 0 Å². The number of aromatic amines is 1. The molecule has 29 heavy (non-hydrogen) atoms. The Hall–Kier alpha value is -3.30. The Morgan fingerprint density at radius 3 is 2.62 bits per heavy atom. The number of nitro benzene ring substituents is 1. The lowest BCUT2D eigenvalue weighted by Crippen LogP contribution is -2.48. The summed E-state index contributed by atoms with van der Waals surface area (Å²) in [6.45, 7) is 4.27. The van der Waals surface area contributed by atoms with Crippen molar-refractivity contribution in [1.82, 2.24) is 19.8 Å². The molecule has 0 saturated carbocycles. The molecular weight excluding hydrogens is 372 g/mol. The Kier molecular flexibility index (Phi) is 5.50. The van der Waals surface area contributed by atoms with Crippen molar-refractivity contribution in [3.8, 4) is 0 Å². The molecular formula is C20H22N6O3. The number of rotatable bonds is 6. The molecule has 1 aromatic heterocycles. The highest BCUT2D eigenvalue weighted by atomic mass is 16.6. The van der Waals surface area contributed by atoms with Gasteiger partial charge < -0.3 is 10.3 Å². The number of H-pyrrole nitrogens is 1. The molecule has 0 aliphatic carbocycles. The van der Waals surface area contributed by atoms with Gasteiger partial charge in [0, 0.05) is 44.0 Å². The molecule has 0 spiro atoms. The van der Waals surface area contributed by atoms with Gasteiger partial charge in [0.1, 0.15) is 5.82 Å². The first-order valence-electron chi connectivity index (χ1n) is 9.49. The quantitative estimate of drug-likeness (QED) is 0.490. The van der Waals surface area contributed by atoms with Crippen LogP contribution in [0.25, 0.3) is 11.0 Å². The molecule has 0 atom stereocenters. The van der Waals surface area contributed by atoms with Crippen molar-refractivity contribution in [1.29, 1.82) is 0 Å². The minimum absolute atomic E-state index is 0.0398. The number of nitrogens with one attached hydrogen (secondary N) is 2. The molecule has 1 fully saturated rings. The highest BCUT2D eigenvalue weighted by Gasteiger charge is 2.20. The van der Waals surface area contributed by atoms with Gasteiger partial charge in [0.05, 0.1) is 29.0 Å². The number of amides is 1. The van der Waals surface area contributed by atoms with Crippen LogP contribution < -0.4 is 5.32 Å². The van der Waals surface area contributed by atoms with E-state index >= 15 is 0 Å². The van der Waals surface area contributed by atoms with E-state index in [0.717, 1.165) is 49.6 Å². The number of para-hydroxylation sites is 2. The maximum atomic E-state index is 12.3. The lowest BCUT2D eigenvalue weighted by molar-refractivity contribution is -0.384. The number of anilines is 1. The number of non-ortho nitro benzene ring substituents is 1. The van der Waals surface area contributed by atoms with Crippen molar-refractivity contribution >= 4 is 28.3 Å². The molecule has 2 N–H and O–H groups in total. The first kappa shape index (κ1) is 19.0. The second kappa shape index (κ2) is 8.38. The largest absolute Gasteiger partial charge is 0.341 e. The molecule has 9 nitrogen and oxygen atoms in total. The topological polar surface area (TPSA) is 107 Å². The SMILES string of the molecule is O=C(CN1CCN(Cc2nc3ccccc3[nH]2)CC1)Nc1cccc([N+](=O)[O-])c1. The van der Waals surface area contributed by atoms with Crippen molar-refractivity contribution in [2.45, 2.75) is 6.54 Å². The molecule has 2 heterocycles. The number of benzene rings is 2. The highest BCUT2D eigenvalue weighted by Crippen LogP contribution is 2.17. The van der Waals surface area contributed by atoms with Crippen molar-refractivity contribution in [3.63, 3.8) is 0 Å². The van der Waals surface area contributed by atoms with Crippen LogP contribution >= 0.6 is 0 Å². The van der Waals surface area contributed by atoms with Gasteiger partial charge in [-0.05, 0) is 18.2 Å². The van der Waals surface area contributed by atoms with E-state index in [1.54, 1.807) is 12.1 Å². The minimum atomic E-state index is -0.475. The molecule has 0 bridgehead atoms. The van der Waals surface area contributed by atoms with Crippen LogP contribution in [0.4, 0.5) is 11.4 Å². The van der Waals surface area contributed by atoms with Gasteiger partial charge in [0.15, 0.2) is 0 Å². The Balaban J connectivity index is 1.25. The Morgan fingerprint density at radius 1 is 1.10 bits per heavy atom. The fourth-order valence-corrected chi connectivity index (χ4v) is 3.50. The van der Waals surface area contributed by atoms with Crippen molar-refractivity contribution < 1.29 is 9.72 Å². The normalized spacial score (nSPS) is 15.4. The zero-order valence-electron chi connectivity index (χ0n) is 15.9. The van der Waals surface area contributed by atoms with E-state index in [1.807, 2.05) is 24.3 Å². The molecule has 0 unspecified atom stereocenters. The Labute approximate surface area is 167 Å². The third kappa shape index (κ3) is 4.76. The second-order valence-corrected chi connectivity index (χ2v) is 7.11. The van der Waals surface area contributed by atoms with E-state index in [4.69, 9.17) is 0 Å². The summed E-state index contributed by atoms with van der Waals surface area (Å²) in [5.41, 5.74) is 2.41. The number of carbonyl (C=O) groups is 1. The van der Waals surface area contributed by atoms with Gasteiger partial charge >= 0.3 is 0 Å². The van der Waals surface area contributed by atoms with E-state index in [-0.39, 0.29) is 18.1 Å². The molecule has 1 amide bonds. The molecule has 1 aliphatic rings. The van der Waals surface area contributed by atoms with Gasteiger partial charge in [-0.25, -0.2) is 4.98 Å². The van der Waals surface area contributed by atoms with Crippen molar-refractivity contribution in [3.05, 3.63) is 64.5 Å². The molecule has 3 aromatic rings. The lowest BCUT2D eigenvalue weighted by atomic mass is 10.2. The van der Waals surface area contributed by atoms with E-state index in [9.17, 15) is 14.9 Å². The summed E-state index contributed by atoms with van der Waals surface area (Å²) in [4.78, 5) is 35.0. The van der Waals surface area contributed by atoms with Gasteiger partial charge in [0.25, 0.3) is 5.69 Å². The Bertz CT molecular complexity index is 993. The summed E-state index contributed by atoms with van der Waals surface area (Å²) < 4.78 is 0. The number of carbonyl (C=O) groups excluding carboxylic acids is 1. The highest BCUT2D eigenvalue weighted by molar-refractivity contribution is 5.92. The summed E-state index contributed by atoms with van der Waals surface area (Å²) in [5.74, 6) is 0.777. The maximum absolute atomic E-state index is 12.3. The van der Waals surface area contributed by atoms with E-state index in [0.29, 0.717) is 5.69 Å².